The number of piperidine rings is 1. The predicted molar refractivity (Wildman–Crippen MR) is 135 cm³/mol. The fourth-order valence-corrected chi connectivity index (χ4v) is 5.41. The van der Waals surface area contributed by atoms with Gasteiger partial charge in [-0.3, -0.25) is 14.4 Å². The highest BCUT2D eigenvalue weighted by Crippen LogP contribution is 2.37. The molecule has 1 fully saturated rings. The van der Waals surface area contributed by atoms with Gasteiger partial charge >= 0.3 is 5.97 Å². The maximum atomic E-state index is 13.9. The summed E-state index contributed by atoms with van der Waals surface area (Å²) in [7, 11) is 0. The van der Waals surface area contributed by atoms with Crippen molar-refractivity contribution in [2.75, 3.05) is 19.7 Å². The summed E-state index contributed by atoms with van der Waals surface area (Å²) in [5, 5.41) is 0. The molecule has 0 spiro atoms. The Morgan fingerprint density at radius 2 is 1.72 bits per heavy atom. The van der Waals surface area contributed by atoms with Crippen molar-refractivity contribution in [1.29, 1.82) is 0 Å². The Kier molecular flexibility index (Phi) is 6.76. The molecule has 0 saturated carbocycles. The van der Waals surface area contributed by atoms with Crippen molar-refractivity contribution in [3.8, 4) is 0 Å². The van der Waals surface area contributed by atoms with E-state index in [2.05, 4.69) is 0 Å². The van der Waals surface area contributed by atoms with Crippen molar-refractivity contribution in [2.45, 2.75) is 51.7 Å². The standard InChI is InChI=1S/C28H32N4O4/c1-3-36-28(35)21-13-15-30(16-14-21)25(33)17-24-27(34)31(18-20-9-5-4-6-10-20)19(2)26-29-22-11-7-8-12-23(22)32(24)26/h4-12,19,21,24H,3,13-18H2,1-2H3/t19-,24+/m0/s1. The first-order valence-corrected chi connectivity index (χ1v) is 12.7. The van der Waals surface area contributed by atoms with Crippen molar-refractivity contribution < 1.29 is 19.1 Å². The molecule has 0 unspecified atom stereocenters. The zero-order valence-electron chi connectivity index (χ0n) is 20.8. The molecule has 36 heavy (non-hydrogen) atoms. The minimum Gasteiger partial charge on any atom is -0.466 e. The molecule has 2 aliphatic heterocycles. The summed E-state index contributed by atoms with van der Waals surface area (Å²) in [6.07, 6.45) is 1.23. The number of nitrogens with zero attached hydrogens (tertiary/aromatic N) is 4. The van der Waals surface area contributed by atoms with Gasteiger partial charge in [0, 0.05) is 19.6 Å². The Bertz CT molecular complexity index is 1260. The third kappa shape index (κ3) is 4.47. The number of benzene rings is 2. The number of para-hydroxylation sites is 2. The predicted octanol–water partition coefficient (Wildman–Crippen LogP) is 3.87. The Labute approximate surface area is 210 Å². The van der Waals surface area contributed by atoms with Gasteiger partial charge in [-0.05, 0) is 44.4 Å². The average Bonchev–Trinajstić information content (AvgIpc) is 3.29. The highest BCUT2D eigenvalue weighted by atomic mass is 16.5. The largest absolute Gasteiger partial charge is 0.466 e. The van der Waals surface area contributed by atoms with Crippen LogP contribution in [0, 0.1) is 5.92 Å². The van der Waals surface area contributed by atoms with E-state index in [-0.39, 0.29) is 36.2 Å². The van der Waals surface area contributed by atoms with Gasteiger partial charge in [0.05, 0.1) is 36.0 Å². The highest BCUT2D eigenvalue weighted by molar-refractivity contribution is 5.91. The molecule has 3 aromatic rings. The van der Waals surface area contributed by atoms with E-state index in [1.165, 1.54) is 0 Å². The first-order valence-electron chi connectivity index (χ1n) is 12.7. The Hall–Kier alpha value is -3.68. The number of carbonyl (C=O) groups is 3. The summed E-state index contributed by atoms with van der Waals surface area (Å²) < 4.78 is 7.12. The highest BCUT2D eigenvalue weighted by Gasteiger charge is 2.41. The Morgan fingerprint density at radius 3 is 2.44 bits per heavy atom. The van der Waals surface area contributed by atoms with Crippen LogP contribution in [0.3, 0.4) is 0 Å². The number of likely N-dealkylation sites (tertiary alicyclic amines) is 1. The van der Waals surface area contributed by atoms with Gasteiger partial charge in [0.15, 0.2) is 0 Å². The first-order chi connectivity index (χ1) is 17.5. The molecule has 2 aliphatic rings. The van der Waals surface area contributed by atoms with Gasteiger partial charge in [-0.25, -0.2) is 4.98 Å². The van der Waals surface area contributed by atoms with Gasteiger partial charge in [0.2, 0.25) is 11.8 Å². The van der Waals surface area contributed by atoms with Crippen molar-refractivity contribution in [3.05, 3.63) is 66.0 Å². The smallest absolute Gasteiger partial charge is 0.309 e. The van der Waals surface area contributed by atoms with E-state index in [4.69, 9.17) is 9.72 Å². The monoisotopic (exact) mass is 488 g/mol. The molecule has 8 heteroatoms. The van der Waals surface area contributed by atoms with E-state index < -0.39 is 6.04 Å². The second kappa shape index (κ2) is 10.1. The number of aromatic nitrogens is 2. The molecule has 0 radical (unpaired) electrons. The molecule has 3 heterocycles. The molecule has 0 aliphatic carbocycles. The lowest BCUT2D eigenvalue weighted by molar-refractivity contribution is -0.151. The van der Waals surface area contributed by atoms with Crippen LogP contribution >= 0.6 is 0 Å². The van der Waals surface area contributed by atoms with Crippen LogP contribution in [0.15, 0.2) is 54.6 Å². The van der Waals surface area contributed by atoms with E-state index >= 15 is 0 Å². The fourth-order valence-electron chi connectivity index (χ4n) is 5.41. The van der Waals surface area contributed by atoms with Gasteiger partial charge in [0.1, 0.15) is 11.9 Å². The zero-order chi connectivity index (χ0) is 25.2. The lowest BCUT2D eigenvalue weighted by Crippen LogP contribution is -2.47. The summed E-state index contributed by atoms with van der Waals surface area (Å²) in [5.74, 6) is 0.291. The van der Waals surface area contributed by atoms with Crippen LogP contribution in [0.1, 0.15) is 56.6 Å². The van der Waals surface area contributed by atoms with Crippen LogP contribution in [0.25, 0.3) is 11.0 Å². The maximum absolute atomic E-state index is 13.9. The summed E-state index contributed by atoms with van der Waals surface area (Å²) in [6, 6.07) is 16.8. The Morgan fingerprint density at radius 1 is 1.03 bits per heavy atom. The van der Waals surface area contributed by atoms with Crippen LogP contribution in [-0.2, 0) is 25.7 Å². The van der Waals surface area contributed by atoms with E-state index in [1.807, 2.05) is 71.0 Å². The molecule has 1 aromatic heterocycles. The normalized spacial score (nSPS) is 20.4. The van der Waals surface area contributed by atoms with E-state index in [9.17, 15) is 14.4 Å². The van der Waals surface area contributed by atoms with Crippen LogP contribution in [-0.4, -0.2) is 56.8 Å². The second-order valence-electron chi connectivity index (χ2n) is 9.58. The molecule has 8 nitrogen and oxygen atoms in total. The number of imidazole rings is 1. The molecule has 0 N–H and O–H groups in total. The third-order valence-electron chi connectivity index (χ3n) is 7.38. The van der Waals surface area contributed by atoms with E-state index in [0.29, 0.717) is 39.1 Å². The van der Waals surface area contributed by atoms with Crippen LogP contribution in [0.2, 0.25) is 0 Å². The summed E-state index contributed by atoms with van der Waals surface area (Å²) in [6.45, 7) is 5.60. The number of rotatable bonds is 6. The molecular weight excluding hydrogens is 456 g/mol. The molecule has 0 bridgehead atoms. The number of amides is 2. The SMILES string of the molecule is CCOC(=O)C1CCN(C(=O)C[C@@H]2C(=O)N(Cc3ccccc3)[C@@H](C)c3nc4ccccc4n32)CC1. The van der Waals surface area contributed by atoms with Crippen LogP contribution < -0.4 is 0 Å². The zero-order valence-corrected chi connectivity index (χ0v) is 20.8. The average molecular weight is 489 g/mol. The molecule has 2 aromatic carbocycles. The van der Waals surface area contributed by atoms with Crippen LogP contribution in [0.4, 0.5) is 0 Å². The maximum Gasteiger partial charge on any atom is 0.309 e. The number of ether oxygens (including phenoxy) is 1. The third-order valence-corrected chi connectivity index (χ3v) is 7.38. The van der Waals surface area contributed by atoms with Crippen LogP contribution in [0.5, 0.6) is 0 Å². The van der Waals surface area contributed by atoms with Gasteiger partial charge in [-0.1, -0.05) is 42.5 Å². The van der Waals surface area contributed by atoms with Gasteiger partial charge in [-0.2, -0.15) is 0 Å². The molecule has 188 valence electrons. The second-order valence-corrected chi connectivity index (χ2v) is 9.58. The molecule has 5 rings (SSSR count). The van der Waals surface area contributed by atoms with Crippen molar-refractivity contribution in [2.24, 2.45) is 5.92 Å². The number of fused-ring (bicyclic) bond motifs is 3. The number of carbonyl (C=O) groups excluding carboxylic acids is 3. The van der Waals surface area contributed by atoms with Gasteiger partial charge in [-0.15, -0.1) is 0 Å². The van der Waals surface area contributed by atoms with Crippen molar-refractivity contribution in [1.82, 2.24) is 19.4 Å². The van der Waals surface area contributed by atoms with Crippen molar-refractivity contribution >= 4 is 28.8 Å². The first kappa shape index (κ1) is 24.0. The number of esters is 1. The topological polar surface area (TPSA) is 84.7 Å². The quantitative estimate of drug-likeness (QED) is 0.492. The molecule has 1 saturated heterocycles. The molecule has 2 atom stereocenters. The number of hydrogen-bond donors (Lipinski definition) is 0. The summed E-state index contributed by atoms with van der Waals surface area (Å²) in [4.78, 5) is 47.9. The fraction of sp³-hybridized carbons (Fsp3) is 0.429. The Balaban J connectivity index is 1.41. The summed E-state index contributed by atoms with van der Waals surface area (Å²) in [5.41, 5.74) is 2.72. The molecule has 2 amide bonds. The van der Waals surface area contributed by atoms with E-state index in [1.54, 1.807) is 11.8 Å². The van der Waals surface area contributed by atoms with E-state index in [0.717, 1.165) is 22.4 Å². The van der Waals surface area contributed by atoms with Gasteiger partial charge in [0.25, 0.3) is 0 Å². The minimum atomic E-state index is -0.664. The minimum absolute atomic E-state index is 0.0638. The summed E-state index contributed by atoms with van der Waals surface area (Å²) >= 11 is 0. The molecular formula is C28H32N4O4. The lowest BCUT2D eigenvalue weighted by Gasteiger charge is -2.39. The van der Waals surface area contributed by atoms with Crippen molar-refractivity contribution in [3.63, 3.8) is 0 Å². The van der Waals surface area contributed by atoms with Gasteiger partial charge < -0.3 is 19.1 Å². The number of hydrogen-bond acceptors (Lipinski definition) is 5. The lowest BCUT2D eigenvalue weighted by atomic mass is 9.96.